The van der Waals surface area contributed by atoms with Gasteiger partial charge in [0.1, 0.15) is 0 Å². The summed E-state index contributed by atoms with van der Waals surface area (Å²) in [5.41, 5.74) is 0. The normalized spacial score (nSPS) is 22.5. The molecular formula is C11H25N3. The van der Waals surface area contributed by atoms with Gasteiger partial charge in [-0.1, -0.05) is 6.92 Å². The van der Waals surface area contributed by atoms with Crippen LogP contribution in [0.4, 0.5) is 0 Å². The molecular weight excluding hydrogens is 174 g/mol. The number of hydrogen-bond donors (Lipinski definition) is 1. The van der Waals surface area contributed by atoms with Crippen LogP contribution in [0.25, 0.3) is 0 Å². The van der Waals surface area contributed by atoms with Crippen LogP contribution in [-0.4, -0.2) is 62.2 Å². The molecule has 0 aliphatic carbocycles. The van der Waals surface area contributed by atoms with Crippen molar-refractivity contribution in [1.82, 2.24) is 15.1 Å². The number of nitrogens with one attached hydrogen (secondary N) is 1. The van der Waals surface area contributed by atoms with Gasteiger partial charge in [-0.05, 0) is 33.5 Å². The fourth-order valence-corrected chi connectivity index (χ4v) is 1.85. The molecule has 1 fully saturated rings. The number of hydrogen-bond acceptors (Lipinski definition) is 3. The molecule has 0 aromatic carbocycles. The summed E-state index contributed by atoms with van der Waals surface area (Å²) in [7, 11) is 2.04. The maximum absolute atomic E-state index is 3.29. The van der Waals surface area contributed by atoms with E-state index >= 15 is 0 Å². The lowest BCUT2D eigenvalue weighted by molar-refractivity contribution is 0.134. The molecule has 0 aromatic heterocycles. The molecule has 84 valence electrons. The molecule has 0 saturated carbocycles. The topological polar surface area (TPSA) is 18.5 Å². The minimum absolute atomic E-state index is 0.652. The van der Waals surface area contributed by atoms with E-state index in [1.54, 1.807) is 0 Å². The van der Waals surface area contributed by atoms with E-state index in [1.165, 1.54) is 45.7 Å². The average Bonchev–Trinajstić information content (AvgIpc) is 2.26. The summed E-state index contributed by atoms with van der Waals surface area (Å²) in [6, 6.07) is 0.652. The zero-order valence-corrected chi connectivity index (χ0v) is 9.92. The first-order valence-corrected chi connectivity index (χ1v) is 5.88. The van der Waals surface area contributed by atoms with Gasteiger partial charge < -0.3 is 15.1 Å². The van der Waals surface area contributed by atoms with Crippen LogP contribution in [-0.2, 0) is 0 Å². The zero-order valence-electron chi connectivity index (χ0n) is 9.92. The Morgan fingerprint density at radius 3 is 2.21 bits per heavy atom. The summed E-state index contributed by atoms with van der Waals surface area (Å²) in [5.74, 6) is 0. The largest absolute Gasteiger partial charge is 0.317 e. The van der Waals surface area contributed by atoms with Crippen molar-refractivity contribution in [3.05, 3.63) is 0 Å². The van der Waals surface area contributed by atoms with Gasteiger partial charge in [-0.3, -0.25) is 0 Å². The second-order valence-electron chi connectivity index (χ2n) is 4.25. The lowest BCUT2D eigenvalue weighted by Crippen LogP contribution is -2.47. The van der Waals surface area contributed by atoms with Crippen molar-refractivity contribution in [3.8, 4) is 0 Å². The van der Waals surface area contributed by atoms with E-state index < -0.39 is 0 Å². The standard InChI is InChI=1S/C11H25N3/c1-4-13-7-9-14(10-8-13)6-5-11(2)12-3/h11-12H,4-10H2,1-3H3. The molecule has 1 unspecified atom stereocenters. The van der Waals surface area contributed by atoms with Crippen molar-refractivity contribution in [3.63, 3.8) is 0 Å². The molecule has 1 aliphatic rings. The highest BCUT2D eigenvalue weighted by atomic mass is 15.3. The highest BCUT2D eigenvalue weighted by Gasteiger charge is 2.15. The predicted octanol–water partition coefficient (Wildman–Crippen LogP) is 0.622. The van der Waals surface area contributed by atoms with Crippen molar-refractivity contribution in [2.45, 2.75) is 26.3 Å². The second-order valence-corrected chi connectivity index (χ2v) is 4.25. The Morgan fingerprint density at radius 1 is 1.14 bits per heavy atom. The Kier molecular flexibility index (Phi) is 5.45. The van der Waals surface area contributed by atoms with E-state index in [9.17, 15) is 0 Å². The minimum atomic E-state index is 0.652. The fraction of sp³-hybridized carbons (Fsp3) is 1.00. The zero-order chi connectivity index (χ0) is 10.4. The van der Waals surface area contributed by atoms with Crippen molar-refractivity contribution in [1.29, 1.82) is 0 Å². The number of likely N-dealkylation sites (N-methyl/N-ethyl adjacent to an activating group) is 1. The molecule has 0 aromatic rings. The average molecular weight is 199 g/mol. The summed E-state index contributed by atoms with van der Waals surface area (Å²) < 4.78 is 0. The van der Waals surface area contributed by atoms with Crippen molar-refractivity contribution >= 4 is 0 Å². The molecule has 1 atom stereocenters. The molecule has 0 spiro atoms. The molecule has 0 amide bonds. The molecule has 0 bridgehead atoms. The number of piperazine rings is 1. The third kappa shape index (κ3) is 3.95. The summed E-state index contributed by atoms with van der Waals surface area (Å²) >= 11 is 0. The van der Waals surface area contributed by atoms with Gasteiger partial charge in [0.25, 0.3) is 0 Å². The van der Waals surface area contributed by atoms with E-state index in [2.05, 4.69) is 29.0 Å². The molecule has 1 aliphatic heterocycles. The second kappa shape index (κ2) is 6.38. The van der Waals surface area contributed by atoms with E-state index in [-0.39, 0.29) is 0 Å². The Morgan fingerprint density at radius 2 is 1.71 bits per heavy atom. The smallest absolute Gasteiger partial charge is 0.0110 e. The lowest BCUT2D eigenvalue weighted by Gasteiger charge is -2.34. The minimum Gasteiger partial charge on any atom is -0.317 e. The monoisotopic (exact) mass is 199 g/mol. The molecule has 1 N–H and O–H groups in total. The van der Waals surface area contributed by atoms with Gasteiger partial charge in [0.05, 0.1) is 0 Å². The van der Waals surface area contributed by atoms with E-state index in [4.69, 9.17) is 0 Å². The van der Waals surface area contributed by atoms with Gasteiger partial charge in [-0.25, -0.2) is 0 Å². The first-order chi connectivity index (χ1) is 6.76. The first-order valence-electron chi connectivity index (χ1n) is 5.88. The van der Waals surface area contributed by atoms with Crippen LogP contribution >= 0.6 is 0 Å². The Hall–Kier alpha value is -0.120. The van der Waals surface area contributed by atoms with Crippen molar-refractivity contribution < 1.29 is 0 Å². The molecule has 3 nitrogen and oxygen atoms in total. The lowest BCUT2D eigenvalue weighted by atomic mass is 10.2. The van der Waals surface area contributed by atoms with Crippen LogP contribution in [0.5, 0.6) is 0 Å². The number of rotatable bonds is 5. The Balaban J connectivity index is 2.10. The van der Waals surface area contributed by atoms with Crippen LogP contribution in [0.3, 0.4) is 0 Å². The summed E-state index contributed by atoms with van der Waals surface area (Å²) in [6.07, 6.45) is 1.27. The van der Waals surface area contributed by atoms with Gasteiger partial charge in [-0.2, -0.15) is 0 Å². The maximum Gasteiger partial charge on any atom is 0.0110 e. The number of nitrogens with zero attached hydrogens (tertiary/aromatic N) is 2. The molecule has 3 heteroatoms. The van der Waals surface area contributed by atoms with E-state index in [0.717, 1.165) is 0 Å². The predicted molar refractivity (Wildman–Crippen MR) is 61.7 cm³/mol. The summed E-state index contributed by atoms with van der Waals surface area (Å²) in [6.45, 7) is 12.0. The molecule has 1 rings (SSSR count). The maximum atomic E-state index is 3.29. The first kappa shape index (κ1) is 12.0. The van der Waals surface area contributed by atoms with Crippen LogP contribution in [0.15, 0.2) is 0 Å². The summed E-state index contributed by atoms with van der Waals surface area (Å²) in [5, 5.41) is 3.29. The van der Waals surface area contributed by atoms with Crippen LogP contribution < -0.4 is 5.32 Å². The molecule has 1 saturated heterocycles. The highest BCUT2D eigenvalue weighted by molar-refractivity contribution is 4.72. The summed E-state index contributed by atoms with van der Waals surface area (Å²) in [4.78, 5) is 5.11. The van der Waals surface area contributed by atoms with Gasteiger partial charge >= 0.3 is 0 Å². The molecule has 0 radical (unpaired) electrons. The van der Waals surface area contributed by atoms with Gasteiger partial charge in [0.15, 0.2) is 0 Å². The van der Waals surface area contributed by atoms with Crippen molar-refractivity contribution in [2.75, 3.05) is 46.3 Å². The quantitative estimate of drug-likeness (QED) is 0.700. The van der Waals surface area contributed by atoms with Gasteiger partial charge in [0, 0.05) is 32.2 Å². The van der Waals surface area contributed by atoms with E-state index in [0.29, 0.717) is 6.04 Å². The van der Waals surface area contributed by atoms with E-state index in [1.807, 2.05) is 7.05 Å². The van der Waals surface area contributed by atoms with Crippen LogP contribution in [0.2, 0.25) is 0 Å². The Bertz CT molecular complexity index is 141. The SMILES string of the molecule is CCN1CCN(CCC(C)NC)CC1. The molecule has 14 heavy (non-hydrogen) atoms. The van der Waals surface area contributed by atoms with Gasteiger partial charge in [-0.15, -0.1) is 0 Å². The fourth-order valence-electron chi connectivity index (χ4n) is 1.85. The van der Waals surface area contributed by atoms with Crippen LogP contribution in [0.1, 0.15) is 20.3 Å². The van der Waals surface area contributed by atoms with Crippen molar-refractivity contribution in [2.24, 2.45) is 0 Å². The third-order valence-corrected chi connectivity index (χ3v) is 3.28. The Labute approximate surface area is 88.5 Å². The third-order valence-electron chi connectivity index (χ3n) is 3.28. The van der Waals surface area contributed by atoms with Crippen LogP contribution in [0, 0.1) is 0 Å². The molecule has 1 heterocycles. The van der Waals surface area contributed by atoms with Gasteiger partial charge in [0.2, 0.25) is 0 Å². The highest BCUT2D eigenvalue weighted by Crippen LogP contribution is 2.02.